The molecule has 5 unspecified atom stereocenters. The van der Waals surface area contributed by atoms with E-state index in [9.17, 15) is 0 Å². The second-order valence-electron chi connectivity index (χ2n) is 6.16. The second kappa shape index (κ2) is 4.50. The standard InChI is InChI=1S/C13H24N2O2/c1-9-6-11(9)12(15-14)10-2-4-17-13(7-10)3-5-16-8-13/h9-12,15H,2-8,14H2,1H3. The Morgan fingerprint density at radius 3 is 2.82 bits per heavy atom. The third-order valence-electron chi connectivity index (χ3n) is 4.93. The third kappa shape index (κ3) is 2.24. The summed E-state index contributed by atoms with van der Waals surface area (Å²) >= 11 is 0. The fourth-order valence-electron chi connectivity index (χ4n) is 3.70. The first-order chi connectivity index (χ1) is 8.24. The number of ether oxygens (including phenoxy) is 2. The molecule has 3 aliphatic rings. The summed E-state index contributed by atoms with van der Waals surface area (Å²) in [4.78, 5) is 0. The molecule has 4 nitrogen and oxygen atoms in total. The number of nitrogens with one attached hydrogen (secondary N) is 1. The topological polar surface area (TPSA) is 56.5 Å². The van der Waals surface area contributed by atoms with E-state index >= 15 is 0 Å². The molecule has 0 aromatic carbocycles. The number of hydrazine groups is 1. The van der Waals surface area contributed by atoms with Crippen molar-refractivity contribution >= 4 is 0 Å². The fourth-order valence-corrected chi connectivity index (χ4v) is 3.70. The molecule has 98 valence electrons. The van der Waals surface area contributed by atoms with Crippen molar-refractivity contribution in [1.82, 2.24) is 5.43 Å². The van der Waals surface area contributed by atoms with Gasteiger partial charge >= 0.3 is 0 Å². The minimum Gasteiger partial charge on any atom is -0.378 e. The lowest BCUT2D eigenvalue weighted by Gasteiger charge is -2.40. The zero-order valence-corrected chi connectivity index (χ0v) is 10.7. The molecule has 4 heteroatoms. The van der Waals surface area contributed by atoms with Crippen molar-refractivity contribution < 1.29 is 9.47 Å². The summed E-state index contributed by atoms with van der Waals surface area (Å²) in [5.74, 6) is 8.05. The van der Waals surface area contributed by atoms with Gasteiger partial charge in [-0.1, -0.05) is 6.92 Å². The summed E-state index contributed by atoms with van der Waals surface area (Å²) in [6, 6.07) is 0.478. The Morgan fingerprint density at radius 2 is 2.24 bits per heavy atom. The van der Waals surface area contributed by atoms with Gasteiger partial charge in [-0.15, -0.1) is 0 Å². The normalized spacial score (nSPS) is 47.3. The molecule has 1 spiro atoms. The summed E-state index contributed by atoms with van der Waals surface area (Å²) in [6.07, 6.45) is 4.64. The summed E-state index contributed by atoms with van der Waals surface area (Å²) in [7, 11) is 0. The van der Waals surface area contributed by atoms with Crippen LogP contribution in [0, 0.1) is 17.8 Å². The van der Waals surface area contributed by atoms with Gasteiger partial charge in [-0.3, -0.25) is 11.3 Å². The maximum absolute atomic E-state index is 5.98. The molecule has 2 heterocycles. The minimum atomic E-state index is 0.0101. The van der Waals surface area contributed by atoms with Crippen LogP contribution in [0.3, 0.4) is 0 Å². The zero-order chi connectivity index (χ0) is 11.9. The van der Waals surface area contributed by atoms with Crippen LogP contribution in [0.2, 0.25) is 0 Å². The van der Waals surface area contributed by atoms with E-state index in [4.69, 9.17) is 15.3 Å². The molecular formula is C13H24N2O2. The summed E-state index contributed by atoms with van der Waals surface area (Å²) < 4.78 is 11.5. The number of rotatable bonds is 3. The largest absolute Gasteiger partial charge is 0.378 e. The van der Waals surface area contributed by atoms with E-state index in [1.165, 1.54) is 6.42 Å². The summed E-state index contributed by atoms with van der Waals surface area (Å²) in [6.45, 7) is 4.82. The van der Waals surface area contributed by atoms with Gasteiger partial charge in [-0.25, -0.2) is 0 Å². The van der Waals surface area contributed by atoms with Gasteiger partial charge in [-0.2, -0.15) is 0 Å². The van der Waals surface area contributed by atoms with E-state index in [0.717, 1.165) is 50.9 Å². The highest BCUT2D eigenvalue weighted by Crippen LogP contribution is 2.46. The van der Waals surface area contributed by atoms with Crippen molar-refractivity contribution in [2.75, 3.05) is 19.8 Å². The highest BCUT2D eigenvalue weighted by atomic mass is 16.6. The lowest BCUT2D eigenvalue weighted by Crippen LogP contribution is -2.50. The van der Waals surface area contributed by atoms with Crippen LogP contribution in [0.25, 0.3) is 0 Å². The van der Waals surface area contributed by atoms with E-state index in [0.29, 0.717) is 12.0 Å². The van der Waals surface area contributed by atoms with Crippen LogP contribution in [0.15, 0.2) is 0 Å². The lowest BCUT2D eigenvalue weighted by molar-refractivity contribution is -0.104. The molecule has 0 radical (unpaired) electrons. The van der Waals surface area contributed by atoms with E-state index in [1.54, 1.807) is 0 Å². The average Bonchev–Trinajstić information content (AvgIpc) is 2.87. The Balaban J connectivity index is 1.66. The molecule has 17 heavy (non-hydrogen) atoms. The Bertz CT molecular complexity index is 279. The van der Waals surface area contributed by atoms with Gasteiger partial charge in [0.25, 0.3) is 0 Å². The Morgan fingerprint density at radius 1 is 1.41 bits per heavy atom. The molecule has 0 amide bonds. The van der Waals surface area contributed by atoms with Crippen molar-refractivity contribution in [3.05, 3.63) is 0 Å². The van der Waals surface area contributed by atoms with Crippen LogP contribution in [0.5, 0.6) is 0 Å². The Hall–Kier alpha value is -0.160. The summed E-state index contributed by atoms with van der Waals surface area (Å²) in [5, 5.41) is 0. The second-order valence-corrected chi connectivity index (χ2v) is 6.16. The molecule has 1 saturated carbocycles. The number of hydrogen-bond donors (Lipinski definition) is 2. The molecule has 0 aromatic heterocycles. The predicted octanol–water partition coefficient (Wildman–Crippen LogP) is 1.06. The Kier molecular flexibility index (Phi) is 3.15. The van der Waals surface area contributed by atoms with Gasteiger partial charge < -0.3 is 9.47 Å². The first-order valence-corrected chi connectivity index (χ1v) is 6.92. The highest BCUT2D eigenvalue weighted by Gasteiger charge is 2.48. The molecule has 0 aromatic rings. The van der Waals surface area contributed by atoms with Gasteiger partial charge in [0.15, 0.2) is 0 Å². The smallest absolute Gasteiger partial charge is 0.0939 e. The van der Waals surface area contributed by atoms with Crippen LogP contribution >= 0.6 is 0 Å². The van der Waals surface area contributed by atoms with Crippen molar-refractivity contribution in [3.63, 3.8) is 0 Å². The predicted molar refractivity (Wildman–Crippen MR) is 65.2 cm³/mol. The summed E-state index contributed by atoms with van der Waals surface area (Å²) in [5.41, 5.74) is 3.08. The van der Waals surface area contributed by atoms with Crippen molar-refractivity contribution in [1.29, 1.82) is 0 Å². The lowest BCUT2D eigenvalue weighted by atomic mass is 9.79. The van der Waals surface area contributed by atoms with Crippen molar-refractivity contribution in [2.45, 2.75) is 44.2 Å². The van der Waals surface area contributed by atoms with Crippen LogP contribution in [-0.2, 0) is 9.47 Å². The van der Waals surface area contributed by atoms with Crippen LogP contribution in [0.1, 0.15) is 32.6 Å². The quantitative estimate of drug-likeness (QED) is 0.572. The van der Waals surface area contributed by atoms with E-state index in [2.05, 4.69) is 12.3 Å². The molecule has 3 N–H and O–H groups in total. The van der Waals surface area contributed by atoms with E-state index in [-0.39, 0.29) is 5.60 Å². The van der Waals surface area contributed by atoms with Gasteiger partial charge in [0.1, 0.15) is 0 Å². The van der Waals surface area contributed by atoms with Gasteiger partial charge in [0.2, 0.25) is 0 Å². The Labute approximate surface area is 103 Å². The van der Waals surface area contributed by atoms with Gasteiger partial charge in [-0.05, 0) is 37.0 Å². The zero-order valence-electron chi connectivity index (χ0n) is 10.7. The average molecular weight is 240 g/mol. The first kappa shape index (κ1) is 11.9. The molecule has 2 aliphatic heterocycles. The van der Waals surface area contributed by atoms with Gasteiger partial charge in [0, 0.05) is 25.7 Å². The highest BCUT2D eigenvalue weighted by molar-refractivity contribution is 4.99. The van der Waals surface area contributed by atoms with Crippen LogP contribution in [-0.4, -0.2) is 31.5 Å². The van der Waals surface area contributed by atoms with Crippen molar-refractivity contribution in [2.24, 2.45) is 23.6 Å². The van der Waals surface area contributed by atoms with E-state index in [1.807, 2.05) is 0 Å². The number of hydrogen-bond acceptors (Lipinski definition) is 4. The molecule has 1 aliphatic carbocycles. The SMILES string of the molecule is CC1CC1C(NN)C1CCOC2(CCOC2)C1. The molecule has 2 saturated heterocycles. The van der Waals surface area contributed by atoms with Crippen molar-refractivity contribution in [3.8, 4) is 0 Å². The third-order valence-corrected chi connectivity index (χ3v) is 4.93. The first-order valence-electron chi connectivity index (χ1n) is 6.92. The molecular weight excluding hydrogens is 216 g/mol. The molecule has 0 bridgehead atoms. The molecule has 3 fully saturated rings. The molecule has 5 atom stereocenters. The fraction of sp³-hybridized carbons (Fsp3) is 1.00. The molecule has 3 rings (SSSR count). The van der Waals surface area contributed by atoms with Crippen LogP contribution in [0.4, 0.5) is 0 Å². The number of nitrogens with two attached hydrogens (primary N) is 1. The maximum atomic E-state index is 5.98. The minimum absolute atomic E-state index is 0.0101. The van der Waals surface area contributed by atoms with Gasteiger partial charge in [0.05, 0.1) is 12.2 Å². The van der Waals surface area contributed by atoms with E-state index < -0.39 is 0 Å². The van der Waals surface area contributed by atoms with Crippen LogP contribution < -0.4 is 11.3 Å². The maximum Gasteiger partial charge on any atom is 0.0939 e. The monoisotopic (exact) mass is 240 g/mol.